The van der Waals surface area contributed by atoms with Crippen LogP contribution in [0.5, 0.6) is 0 Å². The summed E-state index contributed by atoms with van der Waals surface area (Å²) in [5.41, 5.74) is 7.07. The molecule has 0 radical (unpaired) electrons. The molecule has 0 spiro atoms. The number of benzene rings is 1. The Morgan fingerprint density at radius 3 is 2.95 bits per heavy atom. The van der Waals surface area contributed by atoms with Crippen LogP contribution in [0.15, 0.2) is 28.7 Å². The zero-order chi connectivity index (χ0) is 14.5. The molecule has 1 fully saturated rings. The number of halogens is 1. The van der Waals surface area contributed by atoms with Gasteiger partial charge in [-0.2, -0.15) is 0 Å². The van der Waals surface area contributed by atoms with Crippen molar-refractivity contribution in [1.82, 2.24) is 9.80 Å². The average molecular weight is 340 g/mol. The van der Waals surface area contributed by atoms with Crippen LogP contribution in [0.3, 0.4) is 0 Å². The Kier molecular flexibility index (Phi) is 5.57. The molecular weight excluding hydrogens is 318 g/mol. The highest BCUT2D eigenvalue weighted by molar-refractivity contribution is 9.10. The van der Waals surface area contributed by atoms with Gasteiger partial charge in [-0.25, -0.2) is 0 Å². The molecule has 1 aromatic carbocycles. The fraction of sp³-hybridized carbons (Fsp3) is 0.533. The van der Waals surface area contributed by atoms with Crippen LogP contribution in [0.2, 0.25) is 0 Å². The van der Waals surface area contributed by atoms with Crippen molar-refractivity contribution in [3.8, 4) is 0 Å². The number of likely N-dealkylation sites (tertiary alicyclic amines) is 1. The molecule has 0 aromatic heterocycles. The van der Waals surface area contributed by atoms with Gasteiger partial charge in [-0.3, -0.25) is 9.69 Å². The largest absolute Gasteiger partial charge is 0.340 e. The predicted octanol–water partition coefficient (Wildman–Crippen LogP) is 1.83. The van der Waals surface area contributed by atoms with E-state index in [9.17, 15) is 4.79 Å². The molecule has 1 amide bonds. The molecule has 1 aromatic rings. The lowest BCUT2D eigenvalue weighted by molar-refractivity contribution is -0.131. The Morgan fingerprint density at radius 1 is 1.50 bits per heavy atom. The van der Waals surface area contributed by atoms with Crippen LogP contribution in [-0.2, 0) is 11.3 Å². The fourth-order valence-corrected chi connectivity index (χ4v) is 2.93. The molecular formula is C15H22BrN3O. The number of rotatable bonds is 4. The quantitative estimate of drug-likeness (QED) is 0.910. The van der Waals surface area contributed by atoms with E-state index >= 15 is 0 Å². The Labute approximate surface area is 129 Å². The topological polar surface area (TPSA) is 49.6 Å². The van der Waals surface area contributed by atoms with Crippen molar-refractivity contribution in [1.29, 1.82) is 0 Å². The molecule has 1 atom stereocenters. The van der Waals surface area contributed by atoms with Crippen LogP contribution in [0.4, 0.5) is 0 Å². The van der Waals surface area contributed by atoms with Gasteiger partial charge in [0.25, 0.3) is 0 Å². The third-order valence-electron chi connectivity index (χ3n) is 3.69. The number of hydrogen-bond acceptors (Lipinski definition) is 3. The second-order valence-electron chi connectivity index (χ2n) is 5.48. The predicted molar refractivity (Wildman–Crippen MR) is 84.3 cm³/mol. The van der Waals surface area contributed by atoms with Crippen LogP contribution in [-0.4, -0.2) is 48.4 Å². The van der Waals surface area contributed by atoms with E-state index in [2.05, 4.69) is 20.8 Å². The number of amides is 1. The summed E-state index contributed by atoms with van der Waals surface area (Å²) in [4.78, 5) is 16.2. The van der Waals surface area contributed by atoms with Gasteiger partial charge in [0.1, 0.15) is 0 Å². The summed E-state index contributed by atoms with van der Waals surface area (Å²) < 4.78 is 1.04. The summed E-state index contributed by atoms with van der Waals surface area (Å²) in [6.45, 7) is 2.89. The number of nitrogens with two attached hydrogens (primary N) is 1. The van der Waals surface area contributed by atoms with Gasteiger partial charge in [0.05, 0.1) is 6.54 Å². The van der Waals surface area contributed by atoms with Crippen molar-refractivity contribution in [2.45, 2.75) is 25.4 Å². The van der Waals surface area contributed by atoms with E-state index in [1.54, 1.807) is 4.90 Å². The maximum atomic E-state index is 12.3. The molecule has 1 saturated heterocycles. The molecule has 5 heteroatoms. The number of carbonyl (C=O) groups excluding carboxylic acids is 1. The fourth-order valence-electron chi connectivity index (χ4n) is 2.52. The highest BCUT2D eigenvalue weighted by atomic mass is 79.9. The Bertz CT molecular complexity index is 466. The molecule has 1 aliphatic heterocycles. The summed E-state index contributed by atoms with van der Waals surface area (Å²) in [6.07, 6.45) is 2.15. The first-order chi connectivity index (χ1) is 9.56. The van der Waals surface area contributed by atoms with Crippen LogP contribution in [0.25, 0.3) is 0 Å². The van der Waals surface area contributed by atoms with Gasteiger partial charge in [-0.15, -0.1) is 0 Å². The highest BCUT2D eigenvalue weighted by Gasteiger charge is 2.20. The van der Waals surface area contributed by atoms with Crippen molar-refractivity contribution in [3.63, 3.8) is 0 Å². The number of piperidine rings is 1. The third kappa shape index (κ3) is 4.30. The number of hydrogen-bond donors (Lipinski definition) is 1. The standard InChI is InChI=1S/C15H22BrN3O/c1-18(9-12-5-2-3-7-14(12)16)15(20)11-19-8-4-6-13(17)10-19/h2-3,5,7,13H,4,6,8-11,17H2,1H3. The smallest absolute Gasteiger partial charge is 0.236 e. The summed E-state index contributed by atoms with van der Waals surface area (Å²) in [5.74, 6) is 0.148. The van der Waals surface area contributed by atoms with Gasteiger partial charge in [-0.1, -0.05) is 34.1 Å². The Morgan fingerprint density at radius 2 is 2.25 bits per heavy atom. The van der Waals surface area contributed by atoms with E-state index in [0.29, 0.717) is 13.1 Å². The summed E-state index contributed by atoms with van der Waals surface area (Å²) in [6, 6.07) is 8.21. The highest BCUT2D eigenvalue weighted by Crippen LogP contribution is 2.17. The van der Waals surface area contributed by atoms with Crippen LogP contribution < -0.4 is 5.73 Å². The number of nitrogens with zero attached hydrogens (tertiary/aromatic N) is 2. The monoisotopic (exact) mass is 339 g/mol. The van der Waals surface area contributed by atoms with E-state index in [-0.39, 0.29) is 11.9 Å². The molecule has 110 valence electrons. The zero-order valence-corrected chi connectivity index (χ0v) is 13.5. The summed E-state index contributed by atoms with van der Waals surface area (Å²) in [5, 5.41) is 0. The SMILES string of the molecule is CN(Cc1ccccc1Br)C(=O)CN1CCCC(N)C1. The second-order valence-corrected chi connectivity index (χ2v) is 6.33. The molecule has 2 N–H and O–H groups in total. The van der Waals surface area contributed by atoms with Gasteiger partial charge in [0.15, 0.2) is 0 Å². The van der Waals surface area contributed by atoms with Gasteiger partial charge in [0, 0.05) is 30.7 Å². The van der Waals surface area contributed by atoms with E-state index in [4.69, 9.17) is 5.73 Å². The first-order valence-electron chi connectivity index (χ1n) is 7.01. The lowest BCUT2D eigenvalue weighted by Gasteiger charge is -2.31. The third-order valence-corrected chi connectivity index (χ3v) is 4.47. The number of carbonyl (C=O) groups is 1. The molecule has 0 bridgehead atoms. The average Bonchev–Trinajstić information content (AvgIpc) is 2.41. The van der Waals surface area contributed by atoms with E-state index in [0.717, 1.165) is 36.0 Å². The lowest BCUT2D eigenvalue weighted by atomic mass is 10.1. The van der Waals surface area contributed by atoms with E-state index < -0.39 is 0 Å². The summed E-state index contributed by atoms with van der Waals surface area (Å²) in [7, 11) is 1.85. The maximum Gasteiger partial charge on any atom is 0.236 e. The molecule has 4 nitrogen and oxygen atoms in total. The molecule has 0 saturated carbocycles. The first kappa shape index (κ1) is 15.5. The molecule has 20 heavy (non-hydrogen) atoms. The molecule has 1 aliphatic rings. The molecule has 1 unspecified atom stereocenters. The van der Waals surface area contributed by atoms with Crippen LogP contribution in [0, 0.1) is 0 Å². The van der Waals surface area contributed by atoms with Gasteiger partial charge in [-0.05, 0) is 31.0 Å². The normalized spacial score (nSPS) is 19.9. The van der Waals surface area contributed by atoms with E-state index in [1.807, 2.05) is 31.3 Å². The minimum atomic E-state index is 0.148. The van der Waals surface area contributed by atoms with Crippen LogP contribution in [0.1, 0.15) is 18.4 Å². The summed E-state index contributed by atoms with van der Waals surface area (Å²) >= 11 is 3.52. The Hall–Kier alpha value is -0.910. The minimum absolute atomic E-state index is 0.148. The lowest BCUT2D eigenvalue weighted by Crippen LogP contribution is -2.47. The molecule has 0 aliphatic carbocycles. The van der Waals surface area contributed by atoms with E-state index in [1.165, 1.54) is 0 Å². The zero-order valence-electron chi connectivity index (χ0n) is 11.9. The first-order valence-corrected chi connectivity index (χ1v) is 7.81. The maximum absolute atomic E-state index is 12.3. The van der Waals surface area contributed by atoms with Crippen molar-refractivity contribution < 1.29 is 4.79 Å². The number of likely N-dealkylation sites (N-methyl/N-ethyl adjacent to an activating group) is 1. The van der Waals surface area contributed by atoms with Crippen molar-refractivity contribution in [2.24, 2.45) is 5.73 Å². The van der Waals surface area contributed by atoms with Gasteiger partial charge < -0.3 is 10.6 Å². The van der Waals surface area contributed by atoms with Crippen LogP contribution >= 0.6 is 15.9 Å². The van der Waals surface area contributed by atoms with Crippen molar-refractivity contribution in [2.75, 3.05) is 26.7 Å². The Balaban J connectivity index is 1.87. The van der Waals surface area contributed by atoms with Crippen molar-refractivity contribution >= 4 is 21.8 Å². The van der Waals surface area contributed by atoms with Gasteiger partial charge >= 0.3 is 0 Å². The molecule has 1 heterocycles. The minimum Gasteiger partial charge on any atom is -0.340 e. The molecule has 2 rings (SSSR count). The van der Waals surface area contributed by atoms with Gasteiger partial charge in [0.2, 0.25) is 5.91 Å². The second kappa shape index (κ2) is 7.20. The van der Waals surface area contributed by atoms with Crippen molar-refractivity contribution in [3.05, 3.63) is 34.3 Å².